The quantitative estimate of drug-likeness (QED) is 0.577. The average molecular weight is 322 g/mol. The topological polar surface area (TPSA) is 17.1 Å². The van der Waals surface area contributed by atoms with E-state index in [1.165, 1.54) is 0 Å². The molecule has 0 fully saturated rings. The zero-order chi connectivity index (χ0) is 13.0. The molecule has 0 aliphatic heterocycles. The molecule has 1 nitrogen and oxygen atoms in total. The molecule has 0 spiro atoms. The number of ketones is 1. The van der Waals surface area contributed by atoms with Crippen molar-refractivity contribution in [1.29, 1.82) is 0 Å². The largest absolute Gasteiger partial charge is 0.288 e. The third kappa shape index (κ3) is 3.31. The minimum atomic E-state index is -0.0597. The van der Waals surface area contributed by atoms with Crippen LogP contribution in [0, 0.1) is 0 Å². The Bertz CT molecular complexity index is 573. The van der Waals surface area contributed by atoms with E-state index >= 15 is 0 Å². The fourth-order valence-electron chi connectivity index (χ4n) is 1.50. The fourth-order valence-corrected chi connectivity index (χ4v) is 2.12. The van der Waals surface area contributed by atoms with Crippen LogP contribution in [0.4, 0.5) is 0 Å². The van der Waals surface area contributed by atoms with Gasteiger partial charge in [-0.2, -0.15) is 0 Å². The monoisotopic (exact) mass is 320 g/mol. The van der Waals surface area contributed by atoms with Crippen LogP contribution >= 0.6 is 27.5 Å². The van der Waals surface area contributed by atoms with Gasteiger partial charge in [-0.15, -0.1) is 0 Å². The van der Waals surface area contributed by atoms with Gasteiger partial charge in [0.05, 0.1) is 4.48 Å². The summed E-state index contributed by atoms with van der Waals surface area (Å²) >= 11 is 9.10. The number of rotatable bonds is 3. The maximum atomic E-state index is 12.1. The van der Waals surface area contributed by atoms with Crippen LogP contribution in [-0.4, -0.2) is 5.78 Å². The first-order valence-corrected chi connectivity index (χ1v) is 6.56. The normalized spacial score (nSPS) is 11.3. The van der Waals surface area contributed by atoms with Crippen LogP contribution in [0.3, 0.4) is 0 Å². The molecule has 0 aliphatic carbocycles. The molecular formula is C15H10BrClO. The molecule has 0 bridgehead atoms. The standard InChI is InChI=1S/C15H10BrClO/c16-14(10-11-4-2-1-3-5-11)15(18)12-6-8-13(17)9-7-12/h1-10H/b14-10-. The Kier molecular flexibility index (Phi) is 4.34. The highest BCUT2D eigenvalue weighted by Gasteiger charge is 2.09. The fraction of sp³-hybridized carbons (Fsp3) is 0. The number of allylic oxidation sites excluding steroid dienone is 1. The lowest BCUT2D eigenvalue weighted by molar-refractivity contribution is 0.104. The van der Waals surface area contributed by atoms with E-state index in [0.717, 1.165) is 5.56 Å². The van der Waals surface area contributed by atoms with E-state index in [2.05, 4.69) is 15.9 Å². The minimum absolute atomic E-state index is 0.0597. The molecule has 0 unspecified atom stereocenters. The molecule has 2 aromatic carbocycles. The van der Waals surface area contributed by atoms with Gasteiger partial charge in [0.25, 0.3) is 0 Å². The Balaban J connectivity index is 2.24. The number of benzene rings is 2. The van der Waals surface area contributed by atoms with Crippen LogP contribution in [-0.2, 0) is 0 Å². The van der Waals surface area contributed by atoms with Gasteiger partial charge in [-0.3, -0.25) is 4.79 Å². The van der Waals surface area contributed by atoms with Crippen molar-refractivity contribution in [3.05, 3.63) is 75.2 Å². The van der Waals surface area contributed by atoms with Gasteiger partial charge in [-0.25, -0.2) is 0 Å². The molecule has 0 saturated carbocycles. The zero-order valence-corrected chi connectivity index (χ0v) is 11.8. The highest BCUT2D eigenvalue weighted by atomic mass is 79.9. The first-order chi connectivity index (χ1) is 8.66. The highest BCUT2D eigenvalue weighted by molar-refractivity contribution is 9.12. The van der Waals surface area contributed by atoms with Crippen molar-refractivity contribution in [3.63, 3.8) is 0 Å². The van der Waals surface area contributed by atoms with E-state index in [0.29, 0.717) is 15.1 Å². The van der Waals surface area contributed by atoms with Crippen LogP contribution in [0.2, 0.25) is 5.02 Å². The third-order valence-corrected chi connectivity index (χ3v) is 3.26. The van der Waals surface area contributed by atoms with Gasteiger partial charge in [0.1, 0.15) is 0 Å². The van der Waals surface area contributed by atoms with E-state index in [-0.39, 0.29) is 5.78 Å². The average Bonchev–Trinajstić information content (AvgIpc) is 2.40. The Labute approximate surface area is 119 Å². The van der Waals surface area contributed by atoms with Crippen molar-refractivity contribution in [2.75, 3.05) is 0 Å². The highest BCUT2D eigenvalue weighted by Crippen LogP contribution is 2.19. The lowest BCUT2D eigenvalue weighted by Crippen LogP contribution is -1.97. The van der Waals surface area contributed by atoms with Crippen molar-refractivity contribution < 1.29 is 4.79 Å². The summed E-state index contributed by atoms with van der Waals surface area (Å²) in [4.78, 5) is 12.1. The molecular weight excluding hydrogens is 312 g/mol. The first-order valence-electron chi connectivity index (χ1n) is 5.39. The molecule has 0 aromatic heterocycles. The van der Waals surface area contributed by atoms with E-state index in [1.807, 2.05) is 30.3 Å². The van der Waals surface area contributed by atoms with Crippen LogP contribution in [0.15, 0.2) is 59.1 Å². The lowest BCUT2D eigenvalue weighted by Gasteiger charge is -2.00. The van der Waals surface area contributed by atoms with Crippen molar-refractivity contribution in [3.8, 4) is 0 Å². The first kappa shape index (κ1) is 13.1. The molecule has 0 N–H and O–H groups in total. The number of hydrogen-bond donors (Lipinski definition) is 0. The number of Topliss-reactive ketones (excluding diaryl/α,β-unsaturated/α-hetero) is 1. The van der Waals surface area contributed by atoms with Crippen molar-refractivity contribution >= 4 is 39.4 Å². The van der Waals surface area contributed by atoms with Gasteiger partial charge < -0.3 is 0 Å². The van der Waals surface area contributed by atoms with Crippen LogP contribution in [0.1, 0.15) is 15.9 Å². The van der Waals surface area contributed by atoms with Crippen molar-refractivity contribution in [1.82, 2.24) is 0 Å². The van der Waals surface area contributed by atoms with E-state index in [1.54, 1.807) is 30.3 Å². The Hall–Kier alpha value is -1.38. The van der Waals surface area contributed by atoms with Gasteiger partial charge in [-0.05, 0) is 51.8 Å². The Morgan fingerprint density at radius 3 is 2.22 bits per heavy atom. The molecule has 90 valence electrons. The SMILES string of the molecule is O=C(/C(Br)=C/c1ccccc1)c1ccc(Cl)cc1. The molecule has 0 atom stereocenters. The molecule has 2 rings (SSSR count). The number of halogens is 2. The Morgan fingerprint density at radius 1 is 1.00 bits per heavy atom. The summed E-state index contributed by atoms with van der Waals surface area (Å²) < 4.78 is 0.524. The van der Waals surface area contributed by atoms with Crippen molar-refractivity contribution in [2.24, 2.45) is 0 Å². The lowest BCUT2D eigenvalue weighted by atomic mass is 10.1. The van der Waals surface area contributed by atoms with Crippen LogP contribution in [0.5, 0.6) is 0 Å². The van der Waals surface area contributed by atoms with Gasteiger partial charge >= 0.3 is 0 Å². The van der Waals surface area contributed by atoms with Gasteiger partial charge in [-0.1, -0.05) is 41.9 Å². The van der Waals surface area contributed by atoms with E-state index in [9.17, 15) is 4.79 Å². The molecule has 0 heterocycles. The van der Waals surface area contributed by atoms with Crippen molar-refractivity contribution in [2.45, 2.75) is 0 Å². The molecule has 0 saturated heterocycles. The molecule has 18 heavy (non-hydrogen) atoms. The summed E-state index contributed by atoms with van der Waals surface area (Å²) in [7, 11) is 0. The predicted octanol–water partition coefficient (Wildman–Crippen LogP) is 4.96. The minimum Gasteiger partial charge on any atom is -0.288 e. The van der Waals surface area contributed by atoms with E-state index in [4.69, 9.17) is 11.6 Å². The zero-order valence-electron chi connectivity index (χ0n) is 9.44. The summed E-state index contributed by atoms with van der Waals surface area (Å²) in [5.74, 6) is -0.0597. The van der Waals surface area contributed by atoms with Gasteiger partial charge in [0, 0.05) is 10.6 Å². The molecule has 2 aromatic rings. The van der Waals surface area contributed by atoms with Crippen LogP contribution in [0.25, 0.3) is 6.08 Å². The second-order valence-electron chi connectivity index (χ2n) is 3.74. The molecule has 0 radical (unpaired) electrons. The number of hydrogen-bond acceptors (Lipinski definition) is 1. The summed E-state index contributed by atoms with van der Waals surface area (Å²) in [6.07, 6.45) is 1.80. The summed E-state index contributed by atoms with van der Waals surface area (Å²) in [5, 5.41) is 0.620. The third-order valence-electron chi connectivity index (χ3n) is 2.42. The van der Waals surface area contributed by atoms with Gasteiger partial charge in [0.15, 0.2) is 5.78 Å². The smallest absolute Gasteiger partial charge is 0.199 e. The summed E-state index contributed by atoms with van der Waals surface area (Å²) in [6.45, 7) is 0. The maximum Gasteiger partial charge on any atom is 0.199 e. The maximum absolute atomic E-state index is 12.1. The van der Waals surface area contributed by atoms with Gasteiger partial charge in [0.2, 0.25) is 0 Å². The van der Waals surface area contributed by atoms with E-state index < -0.39 is 0 Å². The van der Waals surface area contributed by atoms with Crippen LogP contribution < -0.4 is 0 Å². The second-order valence-corrected chi connectivity index (χ2v) is 5.03. The molecule has 3 heteroatoms. The number of carbonyl (C=O) groups is 1. The predicted molar refractivity (Wildman–Crippen MR) is 79.1 cm³/mol. The summed E-state index contributed by atoms with van der Waals surface area (Å²) in [6, 6.07) is 16.5. The molecule has 0 amide bonds. The Morgan fingerprint density at radius 2 is 1.61 bits per heavy atom. The number of carbonyl (C=O) groups excluding carboxylic acids is 1. The molecule has 0 aliphatic rings. The second kappa shape index (κ2) is 5.98. The summed E-state index contributed by atoms with van der Waals surface area (Å²) in [5.41, 5.74) is 1.59.